The highest BCUT2D eigenvalue weighted by atomic mass is 19.3. The van der Waals surface area contributed by atoms with Crippen LogP contribution in [0.4, 0.5) is 8.78 Å². The van der Waals surface area contributed by atoms with Gasteiger partial charge in [-0.3, -0.25) is 4.79 Å². The average Bonchev–Trinajstić information content (AvgIpc) is 3.26. The molecular formula is C26H32F2N4O3. The van der Waals surface area contributed by atoms with Gasteiger partial charge in [0, 0.05) is 43.2 Å². The number of rotatable bonds is 14. The highest BCUT2D eigenvalue weighted by molar-refractivity contribution is 5.97. The monoisotopic (exact) mass is 486 g/mol. The normalized spacial score (nSPS) is 11.7. The predicted molar refractivity (Wildman–Crippen MR) is 129 cm³/mol. The summed E-state index contributed by atoms with van der Waals surface area (Å²) in [5.41, 5.74) is 2.96. The molecule has 0 aliphatic carbocycles. The molecule has 0 bridgehead atoms. The standard InChI is InChI=1S/C26H32F2N4O3/c1-4-13-34-15-16-35-14-5-6-24(33)21-10-9-20(23(18-21)25-29-31-32(3)30-25)17-19-7-11-22(12-8-19)26(2,27)28/h7-12,18H,4-6,13-17H2,1-3H3. The minimum atomic E-state index is -2.89. The number of ether oxygens (including phenoxy) is 2. The Morgan fingerprint density at radius 3 is 2.37 bits per heavy atom. The first kappa shape index (κ1) is 26.6. The lowest BCUT2D eigenvalue weighted by Crippen LogP contribution is -2.08. The number of hydrogen-bond donors (Lipinski definition) is 0. The van der Waals surface area contributed by atoms with Crippen molar-refractivity contribution in [2.24, 2.45) is 7.05 Å². The maximum absolute atomic E-state index is 13.5. The van der Waals surface area contributed by atoms with Crippen LogP contribution in [0.2, 0.25) is 0 Å². The van der Waals surface area contributed by atoms with Gasteiger partial charge in [0.15, 0.2) is 5.78 Å². The van der Waals surface area contributed by atoms with Crippen molar-refractivity contribution in [1.29, 1.82) is 0 Å². The van der Waals surface area contributed by atoms with E-state index in [9.17, 15) is 13.6 Å². The fourth-order valence-electron chi connectivity index (χ4n) is 3.58. The van der Waals surface area contributed by atoms with Crippen molar-refractivity contribution in [1.82, 2.24) is 20.2 Å². The van der Waals surface area contributed by atoms with Gasteiger partial charge in [-0.1, -0.05) is 43.3 Å². The molecule has 2 aromatic carbocycles. The summed E-state index contributed by atoms with van der Waals surface area (Å²) >= 11 is 0. The number of halogens is 2. The maximum atomic E-state index is 13.5. The van der Waals surface area contributed by atoms with Gasteiger partial charge in [-0.05, 0) is 41.7 Å². The summed E-state index contributed by atoms with van der Waals surface area (Å²) in [4.78, 5) is 14.2. The topological polar surface area (TPSA) is 79.1 Å². The molecule has 3 aromatic rings. The van der Waals surface area contributed by atoms with Crippen LogP contribution in [0.1, 0.15) is 60.2 Å². The second kappa shape index (κ2) is 12.6. The van der Waals surface area contributed by atoms with Crippen LogP contribution in [0.15, 0.2) is 42.5 Å². The number of Topliss-reactive ketones (excluding diaryl/α,β-unsaturated/α-hetero) is 1. The van der Waals surface area contributed by atoms with E-state index >= 15 is 0 Å². The first-order valence-corrected chi connectivity index (χ1v) is 11.8. The summed E-state index contributed by atoms with van der Waals surface area (Å²) in [7, 11) is 1.67. The van der Waals surface area contributed by atoms with Gasteiger partial charge in [-0.15, -0.1) is 10.2 Å². The van der Waals surface area contributed by atoms with Gasteiger partial charge >= 0.3 is 0 Å². The van der Waals surface area contributed by atoms with E-state index in [-0.39, 0.29) is 11.3 Å². The summed E-state index contributed by atoms with van der Waals surface area (Å²) in [6, 6.07) is 11.7. The zero-order valence-corrected chi connectivity index (χ0v) is 20.5. The van der Waals surface area contributed by atoms with Crippen LogP contribution < -0.4 is 0 Å². The van der Waals surface area contributed by atoms with E-state index in [4.69, 9.17) is 9.47 Å². The molecule has 35 heavy (non-hydrogen) atoms. The minimum absolute atomic E-state index is 0.00190. The number of benzene rings is 2. The van der Waals surface area contributed by atoms with Crippen LogP contribution in [0, 0.1) is 0 Å². The van der Waals surface area contributed by atoms with Crippen LogP contribution in [-0.2, 0) is 28.9 Å². The molecular weight excluding hydrogens is 454 g/mol. The zero-order chi connectivity index (χ0) is 25.3. The van der Waals surface area contributed by atoms with E-state index < -0.39 is 5.92 Å². The van der Waals surface area contributed by atoms with E-state index in [1.165, 1.54) is 16.9 Å². The third-order valence-corrected chi connectivity index (χ3v) is 5.45. The quantitative estimate of drug-likeness (QED) is 0.236. The Labute approximate surface area is 204 Å². The summed E-state index contributed by atoms with van der Waals surface area (Å²) in [5.74, 6) is -2.48. The largest absolute Gasteiger partial charge is 0.379 e. The number of aryl methyl sites for hydroxylation is 1. The van der Waals surface area contributed by atoms with E-state index in [0.29, 0.717) is 56.0 Å². The third-order valence-electron chi connectivity index (χ3n) is 5.45. The van der Waals surface area contributed by atoms with Crippen LogP contribution in [0.3, 0.4) is 0 Å². The van der Waals surface area contributed by atoms with E-state index in [2.05, 4.69) is 22.3 Å². The van der Waals surface area contributed by atoms with E-state index in [1.807, 2.05) is 6.07 Å². The number of ketones is 1. The third kappa shape index (κ3) is 8.00. The van der Waals surface area contributed by atoms with Crippen molar-refractivity contribution in [3.8, 4) is 11.4 Å². The summed E-state index contributed by atoms with van der Waals surface area (Å²) in [5, 5.41) is 12.3. The Bertz CT molecular complexity index is 1090. The second-order valence-electron chi connectivity index (χ2n) is 8.49. The lowest BCUT2D eigenvalue weighted by molar-refractivity contribution is 0.0174. The van der Waals surface area contributed by atoms with Crippen molar-refractivity contribution in [2.45, 2.75) is 45.5 Å². The second-order valence-corrected chi connectivity index (χ2v) is 8.49. The van der Waals surface area contributed by atoms with Gasteiger partial charge in [0.05, 0.1) is 20.3 Å². The molecule has 0 aliphatic heterocycles. The van der Waals surface area contributed by atoms with Crippen LogP contribution in [-0.4, -0.2) is 52.4 Å². The van der Waals surface area contributed by atoms with Gasteiger partial charge in [-0.2, -0.15) is 4.80 Å². The molecule has 0 atom stereocenters. The number of tetrazole rings is 1. The Kier molecular flexibility index (Phi) is 9.56. The lowest BCUT2D eigenvalue weighted by atomic mass is 9.94. The van der Waals surface area contributed by atoms with Crippen LogP contribution >= 0.6 is 0 Å². The number of carbonyl (C=O) groups excluding carboxylic acids is 1. The number of nitrogens with zero attached hydrogens (tertiary/aromatic N) is 4. The molecule has 0 saturated heterocycles. The Morgan fingerprint density at radius 2 is 1.74 bits per heavy atom. The molecule has 0 N–H and O–H groups in total. The molecule has 0 unspecified atom stereocenters. The Hall–Kier alpha value is -3.04. The highest BCUT2D eigenvalue weighted by Gasteiger charge is 2.23. The summed E-state index contributed by atoms with van der Waals surface area (Å²) in [6.07, 6.45) is 2.42. The highest BCUT2D eigenvalue weighted by Crippen LogP contribution is 2.29. The van der Waals surface area contributed by atoms with Crippen molar-refractivity contribution in [3.63, 3.8) is 0 Å². The number of aromatic nitrogens is 4. The maximum Gasteiger partial charge on any atom is 0.270 e. The van der Waals surface area contributed by atoms with Gasteiger partial charge in [0.25, 0.3) is 5.92 Å². The number of alkyl halides is 2. The molecule has 188 valence electrons. The average molecular weight is 487 g/mol. The smallest absolute Gasteiger partial charge is 0.270 e. The molecule has 0 saturated carbocycles. The van der Waals surface area contributed by atoms with Crippen molar-refractivity contribution in [3.05, 3.63) is 64.7 Å². The number of hydrogen-bond acceptors (Lipinski definition) is 6. The van der Waals surface area contributed by atoms with Gasteiger partial charge in [0.1, 0.15) is 0 Å². The van der Waals surface area contributed by atoms with Crippen molar-refractivity contribution >= 4 is 5.78 Å². The summed E-state index contributed by atoms with van der Waals surface area (Å²) in [6.45, 7) is 5.22. The van der Waals surface area contributed by atoms with Crippen LogP contribution in [0.25, 0.3) is 11.4 Å². The molecule has 9 heteroatoms. The molecule has 7 nitrogen and oxygen atoms in total. The van der Waals surface area contributed by atoms with E-state index in [0.717, 1.165) is 31.1 Å². The fraction of sp³-hybridized carbons (Fsp3) is 0.462. The summed E-state index contributed by atoms with van der Waals surface area (Å²) < 4.78 is 38.0. The Morgan fingerprint density at radius 1 is 1.03 bits per heavy atom. The SMILES string of the molecule is CCCOCCOCCCC(=O)c1ccc(Cc2ccc(C(C)(F)F)cc2)c(-c2nnn(C)n2)c1. The zero-order valence-electron chi connectivity index (χ0n) is 20.5. The van der Waals surface area contributed by atoms with Gasteiger partial charge in [0.2, 0.25) is 5.82 Å². The fourth-order valence-corrected chi connectivity index (χ4v) is 3.58. The molecule has 3 rings (SSSR count). The van der Waals surface area contributed by atoms with E-state index in [1.54, 1.807) is 31.3 Å². The van der Waals surface area contributed by atoms with Gasteiger partial charge in [-0.25, -0.2) is 8.78 Å². The van der Waals surface area contributed by atoms with Crippen molar-refractivity contribution < 1.29 is 23.0 Å². The molecule has 0 amide bonds. The Balaban J connectivity index is 1.68. The first-order chi connectivity index (χ1) is 16.8. The van der Waals surface area contributed by atoms with Crippen molar-refractivity contribution in [2.75, 3.05) is 26.4 Å². The predicted octanol–water partition coefficient (Wildman–Crippen LogP) is 4.99. The molecule has 1 aromatic heterocycles. The first-order valence-electron chi connectivity index (χ1n) is 11.8. The number of carbonyl (C=O) groups is 1. The molecule has 0 aliphatic rings. The van der Waals surface area contributed by atoms with Crippen LogP contribution in [0.5, 0.6) is 0 Å². The lowest BCUT2D eigenvalue weighted by Gasteiger charge is -2.12. The minimum Gasteiger partial charge on any atom is -0.379 e. The molecule has 1 heterocycles. The molecule has 0 fully saturated rings. The molecule has 0 radical (unpaired) electrons. The molecule has 0 spiro atoms. The van der Waals surface area contributed by atoms with Gasteiger partial charge < -0.3 is 9.47 Å².